The molecule has 0 saturated heterocycles. The number of nitrogen functional groups attached to an aromatic ring is 1. The van der Waals surface area contributed by atoms with Crippen molar-refractivity contribution in [1.82, 2.24) is 9.97 Å². The van der Waals surface area contributed by atoms with E-state index in [0.717, 1.165) is 11.8 Å². The van der Waals surface area contributed by atoms with Crippen LogP contribution in [0.25, 0.3) is 0 Å². The SMILES string of the molecule is CCSc1ncc(C(=O)c2c(F)cc(OC)cc2OC)c(N)n1. The Morgan fingerprint density at radius 1 is 1.35 bits per heavy atom. The Balaban J connectivity index is 2.48. The average molecular weight is 337 g/mol. The highest BCUT2D eigenvalue weighted by atomic mass is 32.2. The number of carbonyl (C=O) groups excluding carboxylic acids is 1. The number of halogens is 1. The maximum Gasteiger partial charge on any atom is 0.205 e. The van der Waals surface area contributed by atoms with Gasteiger partial charge in [-0.15, -0.1) is 0 Å². The van der Waals surface area contributed by atoms with Crippen LogP contribution in [-0.2, 0) is 0 Å². The lowest BCUT2D eigenvalue weighted by molar-refractivity contribution is 0.103. The van der Waals surface area contributed by atoms with E-state index in [1.807, 2.05) is 6.92 Å². The zero-order valence-corrected chi connectivity index (χ0v) is 13.7. The number of thioether (sulfide) groups is 1. The molecule has 2 aromatic rings. The van der Waals surface area contributed by atoms with Crippen molar-refractivity contribution in [3.8, 4) is 11.5 Å². The van der Waals surface area contributed by atoms with Crippen molar-refractivity contribution in [2.75, 3.05) is 25.7 Å². The number of hydrogen-bond donors (Lipinski definition) is 1. The van der Waals surface area contributed by atoms with Crippen LogP contribution in [0.2, 0.25) is 0 Å². The van der Waals surface area contributed by atoms with E-state index in [2.05, 4.69) is 9.97 Å². The third-order valence-corrected chi connectivity index (χ3v) is 3.77. The summed E-state index contributed by atoms with van der Waals surface area (Å²) in [6.45, 7) is 1.95. The molecule has 0 amide bonds. The highest BCUT2D eigenvalue weighted by molar-refractivity contribution is 7.99. The Kier molecular flexibility index (Phi) is 5.38. The molecular formula is C15H16FN3O3S. The summed E-state index contributed by atoms with van der Waals surface area (Å²) in [5.41, 5.74) is 5.60. The van der Waals surface area contributed by atoms with E-state index >= 15 is 0 Å². The van der Waals surface area contributed by atoms with E-state index in [4.69, 9.17) is 15.2 Å². The van der Waals surface area contributed by atoms with Gasteiger partial charge in [0.15, 0.2) is 5.16 Å². The Bertz CT molecular complexity index is 740. The van der Waals surface area contributed by atoms with Crippen molar-refractivity contribution in [3.05, 3.63) is 35.3 Å². The minimum absolute atomic E-state index is 0.00165. The molecule has 0 fully saturated rings. The van der Waals surface area contributed by atoms with Gasteiger partial charge in [-0.25, -0.2) is 14.4 Å². The molecule has 1 aromatic carbocycles. The lowest BCUT2D eigenvalue weighted by atomic mass is 10.0. The molecule has 1 heterocycles. The molecular weight excluding hydrogens is 321 g/mol. The number of hydrogen-bond acceptors (Lipinski definition) is 7. The Morgan fingerprint density at radius 3 is 2.65 bits per heavy atom. The van der Waals surface area contributed by atoms with Crippen LogP contribution in [0, 0.1) is 5.82 Å². The van der Waals surface area contributed by atoms with Crippen molar-refractivity contribution in [3.63, 3.8) is 0 Å². The number of anilines is 1. The van der Waals surface area contributed by atoms with Crippen molar-refractivity contribution in [1.29, 1.82) is 0 Å². The van der Waals surface area contributed by atoms with Crippen LogP contribution in [0.15, 0.2) is 23.5 Å². The van der Waals surface area contributed by atoms with Crippen molar-refractivity contribution in [2.24, 2.45) is 0 Å². The minimum atomic E-state index is -0.766. The second-order valence-electron chi connectivity index (χ2n) is 4.40. The van der Waals surface area contributed by atoms with Gasteiger partial charge in [0.2, 0.25) is 5.78 Å². The molecule has 0 spiro atoms. The first-order chi connectivity index (χ1) is 11.0. The summed E-state index contributed by atoms with van der Waals surface area (Å²) in [6.07, 6.45) is 1.30. The molecule has 2 N–H and O–H groups in total. The average Bonchev–Trinajstić information content (AvgIpc) is 2.53. The van der Waals surface area contributed by atoms with Crippen LogP contribution < -0.4 is 15.2 Å². The van der Waals surface area contributed by atoms with Crippen LogP contribution in [0.5, 0.6) is 11.5 Å². The van der Waals surface area contributed by atoms with E-state index in [0.29, 0.717) is 5.16 Å². The van der Waals surface area contributed by atoms with E-state index in [1.54, 1.807) is 0 Å². The van der Waals surface area contributed by atoms with Gasteiger partial charge in [-0.2, -0.15) is 0 Å². The van der Waals surface area contributed by atoms with Gasteiger partial charge < -0.3 is 15.2 Å². The van der Waals surface area contributed by atoms with Crippen LogP contribution in [-0.4, -0.2) is 35.7 Å². The largest absolute Gasteiger partial charge is 0.497 e. The molecule has 0 aliphatic carbocycles. The Hall–Kier alpha value is -2.35. The molecule has 0 atom stereocenters. The third kappa shape index (κ3) is 3.53. The van der Waals surface area contributed by atoms with Crippen molar-refractivity contribution < 1.29 is 18.7 Å². The predicted molar refractivity (Wildman–Crippen MR) is 85.8 cm³/mol. The smallest absolute Gasteiger partial charge is 0.205 e. The summed E-state index contributed by atoms with van der Waals surface area (Å²) in [5, 5.41) is 0.462. The molecule has 2 rings (SSSR count). The summed E-state index contributed by atoms with van der Waals surface area (Å²) in [6, 6.07) is 2.53. The number of benzene rings is 1. The highest BCUT2D eigenvalue weighted by Crippen LogP contribution is 2.30. The molecule has 0 radical (unpaired) electrons. The second kappa shape index (κ2) is 7.28. The molecule has 0 unspecified atom stereocenters. The minimum Gasteiger partial charge on any atom is -0.497 e. The van der Waals surface area contributed by atoms with Crippen LogP contribution >= 0.6 is 11.8 Å². The topological polar surface area (TPSA) is 87.3 Å². The fourth-order valence-electron chi connectivity index (χ4n) is 1.94. The molecule has 6 nitrogen and oxygen atoms in total. The van der Waals surface area contributed by atoms with Gasteiger partial charge in [0.05, 0.1) is 19.8 Å². The van der Waals surface area contributed by atoms with Gasteiger partial charge >= 0.3 is 0 Å². The number of nitrogens with two attached hydrogens (primary N) is 1. The molecule has 0 saturated carbocycles. The van der Waals surface area contributed by atoms with Crippen molar-refractivity contribution >= 4 is 23.4 Å². The fraction of sp³-hybridized carbons (Fsp3) is 0.267. The molecule has 122 valence electrons. The Morgan fingerprint density at radius 2 is 2.09 bits per heavy atom. The first-order valence-electron chi connectivity index (χ1n) is 6.73. The molecule has 0 aliphatic rings. The first-order valence-corrected chi connectivity index (χ1v) is 7.71. The third-order valence-electron chi connectivity index (χ3n) is 3.02. The van der Waals surface area contributed by atoms with Gasteiger partial charge in [0.25, 0.3) is 0 Å². The summed E-state index contributed by atoms with van der Waals surface area (Å²) in [4.78, 5) is 20.7. The molecule has 0 bridgehead atoms. The van der Waals surface area contributed by atoms with E-state index in [-0.39, 0.29) is 28.4 Å². The molecule has 0 aliphatic heterocycles. The summed E-state index contributed by atoms with van der Waals surface area (Å²) in [7, 11) is 2.73. The lowest BCUT2D eigenvalue weighted by Gasteiger charge is -2.12. The van der Waals surface area contributed by atoms with E-state index in [9.17, 15) is 9.18 Å². The van der Waals surface area contributed by atoms with E-state index in [1.165, 1.54) is 38.2 Å². The van der Waals surface area contributed by atoms with Crippen molar-refractivity contribution in [2.45, 2.75) is 12.1 Å². The van der Waals surface area contributed by atoms with Crippen LogP contribution in [0.3, 0.4) is 0 Å². The number of methoxy groups -OCH3 is 2. The summed E-state index contributed by atoms with van der Waals surface area (Å²) in [5.74, 6) is -0.343. The summed E-state index contributed by atoms with van der Waals surface area (Å²) >= 11 is 1.39. The standard InChI is InChI=1S/C15H16FN3O3S/c1-4-23-15-18-7-9(14(17)19-15)13(20)12-10(16)5-8(21-2)6-11(12)22-3/h5-7H,4H2,1-3H3,(H2,17,18,19). The van der Waals surface area contributed by atoms with Crippen LogP contribution in [0.1, 0.15) is 22.8 Å². The lowest BCUT2D eigenvalue weighted by Crippen LogP contribution is -2.12. The van der Waals surface area contributed by atoms with Gasteiger partial charge in [-0.3, -0.25) is 4.79 Å². The second-order valence-corrected chi connectivity index (χ2v) is 5.63. The number of rotatable bonds is 6. The zero-order chi connectivity index (χ0) is 17.0. The highest BCUT2D eigenvalue weighted by Gasteiger charge is 2.24. The predicted octanol–water partition coefficient (Wildman–Crippen LogP) is 2.56. The monoisotopic (exact) mass is 337 g/mol. The van der Waals surface area contributed by atoms with Gasteiger partial charge in [-0.1, -0.05) is 18.7 Å². The molecule has 8 heteroatoms. The molecule has 23 heavy (non-hydrogen) atoms. The van der Waals surface area contributed by atoms with E-state index < -0.39 is 11.6 Å². The maximum atomic E-state index is 14.3. The fourth-order valence-corrected chi connectivity index (χ4v) is 2.49. The zero-order valence-electron chi connectivity index (χ0n) is 12.9. The quantitative estimate of drug-likeness (QED) is 0.492. The number of nitrogens with zero attached hydrogens (tertiary/aromatic N) is 2. The summed E-state index contributed by atoms with van der Waals surface area (Å²) < 4.78 is 24.3. The Labute approximate surface area is 137 Å². The van der Waals surface area contributed by atoms with Gasteiger partial charge in [-0.05, 0) is 5.75 Å². The van der Waals surface area contributed by atoms with Crippen LogP contribution in [0.4, 0.5) is 10.2 Å². The normalized spacial score (nSPS) is 10.4. The number of carbonyl (C=O) groups is 1. The first kappa shape index (κ1) is 17.0. The van der Waals surface area contributed by atoms with Gasteiger partial charge in [0.1, 0.15) is 28.7 Å². The van der Waals surface area contributed by atoms with Gasteiger partial charge in [0, 0.05) is 18.3 Å². The number of ether oxygens (including phenoxy) is 2. The molecule has 1 aromatic heterocycles. The maximum absolute atomic E-state index is 14.3. The number of ketones is 1. The number of aromatic nitrogens is 2.